The molecule has 0 bridgehead atoms. The first-order chi connectivity index (χ1) is 9.69. The maximum Gasteiger partial charge on any atom is 0.223 e. The first kappa shape index (κ1) is 14.5. The molecule has 2 N–H and O–H groups in total. The average Bonchev–Trinajstić information content (AvgIpc) is 2.47. The molecule has 0 aliphatic carbocycles. The Hall–Kier alpha value is -1.91. The van der Waals surface area contributed by atoms with Crippen molar-refractivity contribution in [3.05, 3.63) is 53.7 Å². The highest BCUT2D eigenvalue weighted by molar-refractivity contribution is 5.33. The number of hydrogen-bond acceptors (Lipinski definition) is 4. The number of aromatic nitrogens is 1. The van der Waals surface area contributed by atoms with Gasteiger partial charge in [0.05, 0.1) is 6.61 Å². The fourth-order valence-electron chi connectivity index (χ4n) is 1.74. The molecular formula is C16H20N2O2. The highest BCUT2D eigenvalue weighted by atomic mass is 16.5. The third-order valence-corrected chi connectivity index (χ3v) is 2.87. The van der Waals surface area contributed by atoms with Crippen molar-refractivity contribution in [1.82, 2.24) is 10.3 Å². The maximum absolute atomic E-state index is 9.02. The minimum absolute atomic E-state index is 0.0351. The summed E-state index contributed by atoms with van der Waals surface area (Å²) in [6.45, 7) is 4.96. The Balaban J connectivity index is 2.11. The molecule has 4 nitrogen and oxygen atoms in total. The van der Waals surface area contributed by atoms with Crippen LogP contribution < -0.4 is 10.1 Å². The van der Waals surface area contributed by atoms with E-state index in [-0.39, 0.29) is 6.61 Å². The fourth-order valence-corrected chi connectivity index (χ4v) is 1.74. The van der Waals surface area contributed by atoms with E-state index in [0.29, 0.717) is 17.7 Å². The summed E-state index contributed by atoms with van der Waals surface area (Å²) >= 11 is 0. The molecule has 1 aromatic carbocycles. The van der Waals surface area contributed by atoms with Crippen molar-refractivity contribution in [1.29, 1.82) is 0 Å². The number of pyridine rings is 1. The summed E-state index contributed by atoms with van der Waals surface area (Å²) in [6.07, 6.45) is 1.72. The monoisotopic (exact) mass is 272 g/mol. The van der Waals surface area contributed by atoms with Crippen molar-refractivity contribution >= 4 is 0 Å². The van der Waals surface area contributed by atoms with Gasteiger partial charge in [0.25, 0.3) is 0 Å². The van der Waals surface area contributed by atoms with Gasteiger partial charge in [-0.05, 0) is 23.8 Å². The van der Waals surface area contributed by atoms with E-state index in [2.05, 4.69) is 24.1 Å². The van der Waals surface area contributed by atoms with Crippen LogP contribution in [0.2, 0.25) is 0 Å². The second-order valence-corrected chi connectivity index (χ2v) is 4.91. The zero-order chi connectivity index (χ0) is 14.4. The van der Waals surface area contributed by atoms with Gasteiger partial charge < -0.3 is 15.2 Å². The molecule has 1 heterocycles. The highest BCUT2D eigenvalue weighted by Crippen LogP contribution is 2.23. The molecule has 0 saturated heterocycles. The van der Waals surface area contributed by atoms with Crippen LogP contribution in [0.4, 0.5) is 0 Å². The average molecular weight is 272 g/mol. The molecule has 0 spiro atoms. The van der Waals surface area contributed by atoms with E-state index in [1.54, 1.807) is 6.20 Å². The molecule has 0 aliphatic rings. The molecule has 1 aromatic heterocycles. The van der Waals surface area contributed by atoms with Gasteiger partial charge in [0.1, 0.15) is 5.75 Å². The Labute approximate surface area is 119 Å². The van der Waals surface area contributed by atoms with Crippen LogP contribution in [-0.4, -0.2) is 16.1 Å². The summed E-state index contributed by atoms with van der Waals surface area (Å²) in [5.74, 6) is 1.32. The maximum atomic E-state index is 9.02. The summed E-state index contributed by atoms with van der Waals surface area (Å²) < 4.78 is 5.81. The molecule has 0 fully saturated rings. The van der Waals surface area contributed by atoms with Gasteiger partial charge in [-0.25, -0.2) is 4.98 Å². The summed E-state index contributed by atoms with van der Waals surface area (Å²) in [4.78, 5) is 4.28. The van der Waals surface area contributed by atoms with Gasteiger partial charge in [0, 0.05) is 24.3 Å². The van der Waals surface area contributed by atoms with Crippen LogP contribution in [0.1, 0.15) is 25.0 Å². The Kier molecular flexibility index (Phi) is 5.09. The van der Waals surface area contributed by atoms with Gasteiger partial charge in [-0.3, -0.25) is 0 Å². The second-order valence-electron chi connectivity index (χ2n) is 4.91. The second kappa shape index (κ2) is 7.03. The number of benzene rings is 1. The van der Waals surface area contributed by atoms with Crippen molar-refractivity contribution in [2.75, 3.05) is 0 Å². The van der Waals surface area contributed by atoms with E-state index in [9.17, 15) is 0 Å². The third-order valence-electron chi connectivity index (χ3n) is 2.87. The molecule has 0 unspecified atom stereocenters. The van der Waals surface area contributed by atoms with Crippen LogP contribution in [-0.2, 0) is 13.2 Å². The number of aliphatic hydroxyl groups is 1. The Bertz CT molecular complexity index is 538. The van der Waals surface area contributed by atoms with Crippen molar-refractivity contribution in [3.8, 4) is 11.6 Å². The first-order valence-electron chi connectivity index (χ1n) is 6.74. The molecule has 2 aromatic rings. The summed E-state index contributed by atoms with van der Waals surface area (Å²) in [5, 5.41) is 12.4. The van der Waals surface area contributed by atoms with Gasteiger partial charge in [-0.1, -0.05) is 32.0 Å². The lowest BCUT2D eigenvalue weighted by atomic mass is 10.2. The molecule has 0 saturated carbocycles. The lowest BCUT2D eigenvalue weighted by Crippen LogP contribution is -2.22. The number of rotatable bonds is 6. The predicted octanol–water partition coefficient (Wildman–Crippen LogP) is 2.86. The molecule has 2 rings (SSSR count). The number of nitrogens with one attached hydrogen (secondary N) is 1. The van der Waals surface area contributed by atoms with Gasteiger partial charge in [0.15, 0.2) is 0 Å². The molecule has 0 aliphatic heterocycles. The molecule has 106 valence electrons. The predicted molar refractivity (Wildman–Crippen MR) is 78.7 cm³/mol. The van der Waals surface area contributed by atoms with E-state index in [0.717, 1.165) is 17.7 Å². The Morgan fingerprint density at radius 1 is 1.20 bits per heavy atom. The van der Waals surface area contributed by atoms with Crippen LogP contribution in [0.25, 0.3) is 0 Å². The van der Waals surface area contributed by atoms with E-state index < -0.39 is 0 Å². The minimum atomic E-state index is 0.0351. The van der Waals surface area contributed by atoms with Crippen molar-refractivity contribution in [3.63, 3.8) is 0 Å². The number of nitrogens with zero attached hydrogens (tertiary/aromatic N) is 1. The molecule has 4 heteroatoms. The summed E-state index contributed by atoms with van der Waals surface area (Å²) in [6, 6.07) is 11.7. The van der Waals surface area contributed by atoms with Gasteiger partial charge >= 0.3 is 0 Å². The van der Waals surface area contributed by atoms with Crippen LogP contribution in [0.15, 0.2) is 42.6 Å². The largest absolute Gasteiger partial charge is 0.439 e. The number of ether oxygens (including phenoxy) is 1. The third kappa shape index (κ3) is 4.05. The van der Waals surface area contributed by atoms with Gasteiger partial charge in [0.2, 0.25) is 5.88 Å². The quantitative estimate of drug-likeness (QED) is 0.849. The van der Waals surface area contributed by atoms with E-state index in [4.69, 9.17) is 9.84 Å². The zero-order valence-electron chi connectivity index (χ0n) is 11.8. The zero-order valence-corrected chi connectivity index (χ0v) is 11.8. The highest BCUT2D eigenvalue weighted by Gasteiger charge is 2.06. The van der Waals surface area contributed by atoms with Crippen molar-refractivity contribution in [2.45, 2.75) is 33.0 Å². The lowest BCUT2D eigenvalue weighted by Gasteiger charge is -2.12. The summed E-state index contributed by atoms with van der Waals surface area (Å²) in [5.41, 5.74) is 1.88. The fraction of sp³-hybridized carbons (Fsp3) is 0.312. The Morgan fingerprint density at radius 2 is 1.95 bits per heavy atom. The Morgan fingerprint density at radius 3 is 2.60 bits per heavy atom. The molecule has 0 radical (unpaired) electrons. The van der Waals surface area contributed by atoms with Gasteiger partial charge in [-0.15, -0.1) is 0 Å². The molecular weight excluding hydrogens is 252 g/mol. The van der Waals surface area contributed by atoms with Crippen molar-refractivity contribution in [2.24, 2.45) is 0 Å². The standard InChI is InChI=1S/C16H20N2O2/c1-12(2)18-10-14-4-3-9-17-16(14)20-15-7-5-13(11-19)6-8-15/h3-9,12,18-19H,10-11H2,1-2H3. The van der Waals surface area contributed by atoms with E-state index in [1.165, 1.54) is 0 Å². The number of aliphatic hydroxyl groups excluding tert-OH is 1. The smallest absolute Gasteiger partial charge is 0.223 e. The van der Waals surface area contributed by atoms with Crippen LogP contribution in [0.3, 0.4) is 0 Å². The lowest BCUT2D eigenvalue weighted by molar-refractivity contribution is 0.281. The van der Waals surface area contributed by atoms with Crippen molar-refractivity contribution < 1.29 is 9.84 Å². The summed E-state index contributed by atoms with van der Waals surface area (Å²) in [7, 11) is 0. The molecule has 20 heavy (non-hydrogen) atoms. The van der Waals surface area contributed by atoms with Crippen LogP contribution in [0.5, 0.6) is 11.6 Å². The van der Waals surface area contributed by atoms with E-state index in [1.807, 2.05) is 36.4 Å². The van der Waals surface area contributed by atoms with Crippen LogP contribution >= 0.6 is 0 Å². The topological polar surface area (TPSA) is 54.4 Å². The normalized spacial score (nSPS) is 10.8. The first-order valence-corrected chi connectivity index (χ1v) is 6.74. The van der Waals surface area contributed by atoms with Gasteiger partial charge in [-0.2, -0.15) is 0 Å². The SMILES string of the molecule is CC(C)NCc1cccnc1Oc1ccc(CO)cc1. The van der Waals surface area contributed by atoms with E-state index >= 15 is 0 Å². The number of hydrogen-bond donors (Lipinski definition) is 2. The molecule has 0 atom stereocenters. The minimum Gasteiger partial charge on any atom is -0.439 e. The molecule has 0 amide bonds. The van der Waals surface area contributed by atoms with Crippen LogP contribution in [0, 0.1) is 0 Å².